The van der Waals surface area contributed by atoms with Crippen LogP contribution < -0.4 is 15.0 Å². The molecule has 70 heavy (non-hydrogen) atoms. The minimum absolute atomic E-state index is 0.0483. The molecule has 2 saturated heterocycles. The zero-order chi connectivity index (χ0) is 50.4. The number of phosphoric acid groups is 1. The standard InChI is InChI=1S/C53H76ClN6O9P/c1-6-7-8-9-10-11-12-13-14-15-16-17-18-19-20-21-22-25-42(62-34-40-28-29-41(33-55)47(32-40)65-39(2)3)35-63-70(61,69-46-27-24-23-26-43(46)54)64-37-53(36-56)50-49(66-52(4,5)68-50)48(67-53)44-30-31-45(60-44)51(58)59-38-57/h23-24,26-32,38-39,42,48-50,60H,6-22,25,34-35,37H2,1-5H3,(H3,57,58,59)/t42-,48+,49+,50+,53-,70?/m1/s1. The Balaban J connectivity index is 1.25. The van der Waals surface area contributed by atoms with Crippen molar-refractivity contribution in [2.45, 2.75) is 199 Å². The molecule has 2 aliphatic heterocycles. The number of H-pyrrole nitrogens is 1. The molecule has 0 radical (unpaired) electrons. The van der Waals surface area contributed by atoms with Crippen LogP contribution in [0.1, 0.15) is 179 Å². The smallest absolute Gasteiger partial charge is 0.490 e. The lowest BCUT2D eigenvalue weighted by Crippen LogP contribution is -2.46. The Morgan fingerprint density at radius 3 is 2.13 bits per heavy atom. The number of para-hydroxylation sites is 1. The van der Waals surface area contributed by atoms with Crippen LogP contribution in [0, 0.1) is 28.1 Å². The molecular formula is C53H76ClN6O9P. The number of benzene rings is 2. The van der Waals surface area contributed by atoms with Crippen molar-refractivity contribution < 1.29 is 41.8 Å². The Hall–Kier alpha value is -4.28. The number of ether oxygens (including phenoxy) is 5. The summed E-state index contributed by atoms with van der Waals surface area (Å²) in [5.41, 5.74) is 6.33. The lowest BCUT2D eigenvalue weighted by atomic mass is 9.96. The first kappa shape index (κ1) is 56.6. The summed E-state index contributed by atoms with van der Waals surface area (Å²) in [6.45, 7) is 8.87. The van der Waals surface area contributed by atoms with E-state index in [-0.39, 0.29) is 35.9 Å². The van der Waals surface area contributed by atoms with E-state index in [2.05, 4.69) is 29.0 Å². The van der Waals surface area contributed by atoms with Crippen LogP contribution in [0.4, 0.5) is 0 Å². The maximum Gasteiger partial charge on any atom is 0.530 e. The lowest BCUT2D eigenvalue weighted by molar-refractivity contribution is -0.204. The molecule has 15 nitrogen and oxygen atoms in total. The average molecular weight is 1010 g/mol. The maximum atomic E-state index is 15.0. The minimum atomic E-state index is -4.62. The van der Waals surface area contributed by atoms with Gasteiger partial charge in [-0.2, -0.15) is 10.5 Å². The molecule has 6 atom stereocenters. The van der Waals surface area contributed by atoms with Crippen LogP contribution in [-0.2, 0) is 39.2 Å². The molecule has 0 bridgehead atoms. The van der Waals surface area contributed by atoms with E-state index < -0.39 is 50.2 Å². The monoisotopic (exact) mass is 1010 g/mol. The Morgan fingerprint density at radius 1 is 0.886 bits per heavy atom. The average Bonchev–Trinajstić information content (AvgIpc) is 4.03. The van der Waals surface area contributed by atoms with Gasteiger partial charge in [0.25, 0.3) is 0 Å². The molecule has 5 rings (SSSR count). The number of aliphatic imine (C=N–C) groups is 1. The first-order valence-electron chi connectivity index (χ1n) is 25.3. The second kappa shape index (κ2) is 28.7. The number of aromatic amines is 1. The van der Waals surface area contributed by atoms with E-state index in [9.17, 15) is 15.1 Å². The highest BCUT2D eigenvalue weighted by molar-refractivity contribution is 7.49. The van der Waals surface area contributed by atoms with Gasteiger partial charge in [-0.15, -0.1) is 0 Å². The van der Waals surface area contributed by atoms with Gasteiger partial charge in [-0.1, -0.05) is 146 Å². The zero-order valence-corrected chi connectivity index (χ0v) is 43.6. The number of nitrogens with two attached hydrogens (primary N) is 1. The molecule has 384 valence electrons. The molecule has 4 N–H and O–H groups in total. The van der Waals surface area contributed by atoms with Gasteiger partial charge < -0.3 is 38.9 Å². The molecule has 2 aromatic carbocycles. The highest BCUT2D eigenvalue weighted by Gasteiger charge is 2.65. The Labute approximate surface area is 421 Å². The number of unbranched alkanes of at least 4 members (excludes halogenated alkanes) is 16. The number of halogens is 1. The molecule has 3 aromatic rings. The third-order valence-corrected chi connectivity index (χ3v) is 14.1. The molecule has 0 saturated carbocycles. The van der Waals surface area contributed by atoms with Crippen LogP contribution in [-0.4, -0.2) is 66.2 Å². The zero-order valence-electron chi connectivity index (χ0n) is 41.9. The largest absolute Gasteiger partial charge is 0.530 e. The molecule has 17 heteroatoms. The summed E-state index contributed by atoms with van der Waals surface area (Å²) in [5.74, 6) is -0.518. The predicted molar refractivity (Wildman–Crippen MR) is 272 cm³/mol. The number of hydrogen-bond donors (Lipinski definition) is 3. The first-order valence-corrected chi connectivity index (χ1v) is 27.2. The van der Waals surface area contributed by atoms with Gasteiger partial charge >= 0.3 is 7.82 Å². The number of rotatable bonds is 34. The molecule has 0 spiro atoms. The van der Waals surface area contributed by atoms with E-state index in [1.54, 1.807) is 62.4 Å². The van der Waals surface area contributed by atoms with Crippen molar-refractivity contribution >= 4 is 31.6 Å². The van der Waals surface area contributed by atoms with Gasteiger partial charge in [0.05, 0.1) is 41.7 Å². The van der Waals surface area contributed by atoms with Crippen molar-refractivity contribution in [3.05, 3.63) is 82.1 Å². The molecule has 2 aliphatic rings. The lowest BCUT2D eigenvalue weighted by Gasteiger charge is -2.30. The number of fused-ring (bicyclic) bond motifs is 1. The van der Waals surface area contributed by atoms with Gasteiger partial charge in [-0.05, 0) is 76.1 Å². The predicted octanol–water partition coefficient (Wildman–Crippen LogP) is 13.3. The maximum absolute atomic E-state index is 15.0. The molecule has 0 aliphatic carbocycles. The Morgan fingerprint density at radius 2 is 1.53 bits per heavy atom. The van der Waals surface area contributed by atoms with E-state index in [0.717, 1.165) is 37.6 Å². The van der Waals surface area contributed by atoms with E-state index in [4.69, 9.17) is 60.0 Å². The fraction of sp³-hybridized carbons (Fsp3) is 0.623. The van der Waals surface area contributed by atoms with Crippen LogP contribution >= 0.6 is 19.4 Å². The van der Waals surface area contributed by atoms with Gasteiger partial charge in [-0.3, -0.25) is 14.5 Å². The summed E-state index contributed by atoms with van der Waals surface area (Å²) in [6.07, 6.45) is 19.4. The van der Waals surface area contributed by atoms with E-state index in [1.165, 1.54) is 83.5 Å². The van der Waals surface area contributed by atoms with Crippen LogP contribution in [0.3, 0.4) is 0 Å². The second-order valence-corrected chi connectivity index (χ2v) is 21.1. The van der Waals surface area contributed by atoms with Crippen LogP contribution in [0.25, 0.3) is 0 Å². The van der Waals surface area contributed by atoms with Gasteiger partial charge in [0, 0.05) is 5.69 Å². The van der Waals surface area contributed by atoms with E-state index >= 15 is 0 Å². The summed E-state index contributed by atoms with van der Waals surface area (Å²) in [7, 11) is -4.62. The Kier molecular flexibility index (Phi) is 23.2. The van der Waals surface area contributed by atoms with Crippen molar-refractivity contribution in [2.24, 2.45) is 10.7 Å². The minimum Gasteiger partial charge on any atom is -0.490 e. The van der Waals surface area contributed by atoms with Gasteiger partial charge in [0.2, 0.25) is 5.60 Å². The summed E-state index contributed by atoms with van der Waals surface area (Å²) >= 11 is 6.52. The normalized spacial score (nSPS) is 20.9. The van der Waals surface area contributed by atoms with Gasteiger partial charge in [0.15, 0.2) is 5.79 Å². The molecule has 2 fully saturated rings. The highest BCUT2D eigenvalue weighted by atomic mass is 35.5. The van der Waals surface area contributed by atoms with Crippen LogP contribution in [0.5, 0.6) is 11.5 Å². The van der Waals surface area contributed by atoms with Crippen LogP contribution in [0.15, 0.2) is 59.6 Å². The summed E-state index contributed by atoms with van der Waals surface area (Å²) in [4.78, 5) is 6.99. The molecule has 1 unspecified atom stereocenters. The van der Waals surface area contributed by atoms with E-state index in [1.807, 2.05) is 19.9 Å². The van der Waals surface area contributed by atoms with E-state index in [0.29, 0.717) is 29.1 Å². The molecular weight excluding hydrogens is 931 g/mol. The third kappa shape index (κ3) is 17.5. The summed E-state index contributed by atoms with van der Waals surface area (Å²) in [5, 5.41) is 28.0. The molecule has 3 heterocycles. The summed E-state index contributed by atoms with van der Waals surface area (Å²) < 4.78 is 64.7. The SMILES string of the molecule is CCCCCCCCCCCCCCCCCCC[C@H](COP(=O)(OC[C@@]1(C#N)O[C@@H](c2ccc(/C(N)=N\C=N)[nH]2)[C@@H]2OC(C)(C)O[C@@H]21)Oc1ccccc1Cl)OCc1ccc(C#N)c(OC(C)C)c1. The molecule has 0 amide bonds. The number of hydrogen-bond acceptors (Lipinski definition) is 12. The first-order chi connectivity index (χ1) is 33.7. The fourth-order valence-corrected chi connectivity index (χ4v) is 10.3. The number of amidine groups is 1. The van der Waals surface area contributed by atoms with Crippen molar-refractivity contribution in [2.75, 3.05) is 13.2 Å². The number of aromatic nitrogens is 1. The number of phosphoric ester groups is 1. The fourth-order valence-electron chi connectivity index (χ4n) is 8.78. The second-order valence-electron chi connectivity index (χ2n) is 19.1. The number of nitriles is 2. The highest BCUT2D eigenvalue weighted by Crippen LogP contribution is 2.55. The van der Waals surface area contributed by atoms with Crippen molar-refractivity contribution in [1.29, 1.82) is 15.9 Å². The number of nitrogens with zero attached hydrogens (tertiary/aromatic N) is 3. The quantitative estimate of drug-likeness (QED) is 0.0220. The number of nitrogens with one attached hydrogen (secondary N) is 2. The summed E-state index contributed by atoms with van der Waals surface area (Å²) in [6, 6.07) is 19.6. The van der Waals surface area contributed by atoms with Crippen molar-refractivity contribution in [1.82, 2.24) is 4.98 Å². The Bertz CT molecular complexity index is 2240. The third-order valence-electron chi connectivity index (χ3n) is 12.5. The van der Waals surface area contributed by atoms with Crippen LogP contribution in [0.2, 0.25) is 5.02 Å². The topological polar surface area (TPSA) is 217 Å². The van der Waals surface area contributed by atoms with Crippen molar-refractivity contribution in [3.63, 3.8) is 0 Å². The van der Waals surface area contributed by atoms with Gasteiger partial charge in [0.1, 0.15) is 60.7 Å². The van der Waals surface area contributed by atoms with Crippen molar-refractivity contribution in [3.8, 4) is 23.6 Å². The van der Waals surface area contributed by atoms with Gasteiger partial charge in [-0.25, -0.2) is 9.56 Å². The molecule has 1 aromatic heterocycles.